The molecule has 0 amide bonds. The van der Waals surface area contributed by atoms with E-state index in [1.54, 1.807) is 0 Å². The summed E-state index contributed by atoms with van der Waals surface area (Å²) in [7, 11) is -3.37. The lowest BCUT2D eigenvalue weighted by molar-refractivity contribution is 0.581. The summed E-state index contributed by atoms with van der Waals surface area (Å²) in [5, 5.41) is 3.03. The van der Waals surface area contributed by atoms with Crippen molar-refractivity contribution in [2.24, 2.45) is 0 Å². The van der Waals surface area contributed by atoms with Gasteiger partial charge in [0.2, 0.25) is 10.0 Å². The third-order valence-corrected chi connectivity index (χ3v) is 3.48. The number of rotatable bonds is 6. The van der Waals surface area contributed by atoms with Crippen molar-refractivity contribution in [1.82, 2.24) is 15.3 Å². The van der Waals surface area contributed by atoms with Gasteiger partial charge in [-0.25, -0.2) is 18.4 Å². The topological polar surface area (TPSA) is 84.0 Å². The molecule has 96 valence electrons. The van der Waals surface area contributed by atoms with Crippen molar-refractivity contribution in [3.63, 3.8) is 0 Å². The summed E-state index contributed by atoms with van der Waals surface area (Å²) in [4.78, 5) is 7.77. The molecule has 0 atom stereocenters. The van der Waals surface area contributed by atoms with Gasteiger partial charge < -0.3 is 5.32 Å². The molecule has 0 bridgehead atoms. The third kappa shape index (κ3) is 5.94. The molecular formula is C9H15BrN4O2S. The first-order chi connectivity index (χ1) is 7.89. The van der Waals surface area contributed by atoms with E-state index in [4.69, 9.17) is 0 Å². The summed E-state index contributed by atoms with van der Waals surface area (Å²) >= 11 is 3.12. The molecular weight excluding hydrogens is 308 g/mol. The Bertz CT molecular complexity index is 447. The quantitative estimate of drug-likeness (QED) is 0.815. The Morgan fingerprint density at radius 1 is 1.35 bits per heavy atom. The monoisotopic (exact) mass is 322 g/mol. The Morgan fingerprint density at radius 3 is 2.59 bits per heavy atom. The van der Waals surface area contributed by atoms with E-state index in [-0.39, 0.29) is 17.6 Å². The highest BCUT2D eigenvalue weighted by Gasteiger charge is 2.11. The molecule has 1 rings (SSSR count). The van der Waals surface area contributed by atoms with Crippen molar-refractivity contribution in [3.8, 4) is 0 Å². The molecule has 0 unspecified atom stereocenters. The van der Waals surface area contributed by atoms with Gasteiger partial charge in [-0.2, -0.15) is 0 Å². The zero-order chi connectivity index (χ0) is 12.9. The van der Waals surface area contributed by atoms with Crippen LogP contribution in [-0.4, -0.2) is 36.7 Å². The number of sulfonamides is 1. The number of halogens is 1. The van der Waals surface area contributed by atoms with Gasteiger partial charge in [-0.05, 0) is 15.9 Å². The largest absolute Gasteiger partial charge is 0.313 e. The Kier molecular flexibility index (Phi) is 5.29. The predicted octanol–water partition coefficient (Wildman–Crippen LogP) is 0.979. The third-order valence-electron chi connectivity index (χ3n) is 1.80. The van der Waals surface area contributed by atoms with Gasteiger partial charge in [0.25, 0.3) is 0 Å². The van der Waals surface area contributed by atoms with Crippen LogP contribution in [0.3, 0.4) is 0 Å². The number of nitrogens with one attached hydrogen (secondary N) is 2. The Labute approximate surface area is 109 Å². The number of hydrogen-bond acceptors (Lipinski definition) is 5. The van der Waals surface area contributed by atoms with Crippen LogP contribution >= 0.6 is 15.9 Å². The molecule has 0 spiro atoms. The van der Waals surface area contributed by atoms with E-state index in [9.17, 15) is 8.42 Å². The first-order valence-electron chi connectivity index (χ1n) is 5.10. The van der Waals surface area contributed by atoms with Crippen LogP contribution in [0.1, 0.15) is 13.8 Å². The maximum Gasteiger partial charge on any atom is 0.235 e. The maximum absolute atomic E-state index is 11.6. The zero-order valence-corrected chi connectivity index (χ0v) is 12.0. The van der Waals surface area contributed by atoms with E-state index in [1.807, 2.05) is 13.8 Å². The van der Waals surface area contributed by atoms with Crippen LogP contribution < -0.4 is 10.0 Å². The molecule has 1 heterocycles. The molecule has 0 fully saturated rings. The molecule has 1 aromatic heterocycles. The van der Waals surface area contributed by atoms with Crippen molar-refractivity contribution in [2.45, 2.75) is 19.9 Å². The molecule has 0 saturated carbocycles. The fourth-order valence-electron chi connectivity index (χ4n) is 1.06. The smallest absolute Gasteiger partial charge is 0.235 e. The van der Waals surface area contributed by atoms with E-state index < -0.39 is 10.0 Å². The van der Waals surface area contributed by atoms with E-state index in [2.05, 4.69) is 35.9 Å². The number of nitrogens with zero attached hydrogens (tertiary/aromatic N) is 2. The summed E-state index contributed by atoms with van der Waals surface area (Å²) in [6.45, 7) is 4.32. The van der Waals surface area contributed by atoms with Crippen LogP contribution in [0.4, 0.5) is 5.82 Å². The van der Waals surface area contributed by atoms with Gasteiger partial charge in [0.15, 0.2) is 5.82 Å². The van der Waals surface area contributed by atoms with Gasteiger partial charge >= 0.3 is 0 Å². The zero-order valence-electron chi connectivity index (χ0n) is 9.64. The molecule has 0 aromatic carbocycles. The van der Waals surface area contributed by atoms with E-state index in [0.717, 1.165) is 0 Å². The summed E-state index contributed by atoms with van der Waals surface area (Å²) in [6.07, 6.45) is 2.79. The lowest BCUT2D eigenvalue weighted by Gasteiger charge is -2.09. The fourth-order valence-corrected chi connectivity index (χ4v) is 2.17. The molecule has 0 radical (unpaired) electrons. The van der Waals surface area contributed by atoms with E-state index in [0.29, 0.717) is 11.1 Å². The minimum Gasteiger partial charge on any atom is -0.313 e. The first-order valence-corrected chi connectivity index (χ1v) is 7.55. The van der Waals surface area contributed by atoms with Gasteiger partial charge in [0.05, 0.1) is 18.1 Å². The van der Waals surface area contributed by atoms with Crippen LogP contribution in [0.2, 0.25) is 0 Å². The van der Waals surface area contributed by atoms with E-state index in [1.165, 1.54) is 12.4 Å². The minimum atomic E-state index is -3.37. The van der Waals surface area contributed by atoms with Gasteiger partial charge in [-0.1, -0.05) is 13.8 Å². The average Bonchev–Trinajstić information content (AvgIpc) is 2.20. The van der Waals surface area contributed by atoms with Crippen LogP contribution in [0.5, 0.6) is 0 Å². The summed E-state index contributed by atoms with van der Waals surface area (Å²) < 4.78 is 26.2. The predicted molar refractivity (Wildman–Crippen MR) is 70.3 cm³/mol. The highest BCUT2D eigenvalue weighted by atomic mass is 79.9. The second-order valence-electron chi connectivity index (χ2n) is 3.75. The van der Waals surface area contributed by atoms with Gasteiger partial charge in [0, 0.05) is 12.6 Å². The van der Waals surface area contributed by atoms with Crippen molar-refractivity contribution < 1.29 is 8.42 Å². The van der Waals surface area contributed by atoms with Crippen LogP contribution in [0.25, 0.3) is 0 Å². The van der Waals surface area contributed by atoms with Crippen LogP contribution in [0, 0.1) is 0 Å². The van der Waals surface area contributed by atoms with Gasteiger partial charge in [0.1, 0.15) is 4.60 Å². The molecule has 0 aliphatic rings. The van der Waals surface area contributed by atoms with Crippen molar-refractivity contribution in [3.05, 3.63) is 17.0 Å². The second-order valence-corrected chi connectivity index (χ2v) is 6.41. The van der Waals surface area contributed by atoms with Gasteiger partial charge in [-0.15, -0.1) is 0 Å². The van der Waals surface area contributed by atoms with Crippen LogP contribution in [-0.2, 0) is 10.0 Å². The van der Waals surface area contributed by atoms with Gasteiger partial charge in [-0.3, -0.25) is 4.72 Å². The highest BCUT2D eigenvalue weighted by molar-refractivity contribution is 9.10. The normalized spacial score (nSPS) is 11.8. The fraction of sp³-hybridized carbons (Fsp3) is 0.556. The molecule has 1 aromatic rings. The summed E-state index contributed by atoms with van der Waals surface area (Å²) in [6, 6.07) is 0.262. The molecule has 8 heteroatoms. The maximum atomic E-state index is 11.6. The Balaban J connectivity index is 2.52. The van der Waals surface area contributed by atoms with Crippen LogP contribution in [0.15, 0.2) is 17.0 Å². The average molecular weight is 323 g/mol. The Morgan fingerprint density at radius 2 is 2.06 bits per heavy atom. The second kappa shape index (κ2) is 6.27. The molecule has 0 saturated heterocycles. The molecule has 17 heavy (non-hydrogen) atoms. The lowest BCUT2D eigenvalue weighted by Crippen LogP contribution is -2.31. The summed E-state index contributed by atoms with van der Waals surface area (Å²) in [5.41, 5.74) is 0. The lowest BCUT2D eigenvalue weighted by atomic mass is 10.4. The molecule has 0 aliphatic carbocycles. The number of hydrogen-bond donors (Lipinski definition) is 2. The number of aromatic nitrogens is 2. The molecule has 0 aliphatic heterocycles. The van der Waals surface area contributed by atoms with Crippen molar-refractivity contribution in [2.75, 3.05) is 17.0 Å². The van der Waals surface area contributed by atoms with Crippen molar-refractivity contribution in [1.29, 1.82) is 0 Å². The highest BCUT2D eigenvalue weighted by Crippen LogP contribution is 2.07. The van der Waals surface area contributed by atoms with E-state index >= 15 is 0 Å². The Hall–Kier alpha value is -0.730. The first kappa shape index (κ1) is 14.3. The SMILES string of the molecule is CC(C)NCCS(=O)(=O)Nc1cnc(Br)cn1. The molecule has 6 nitrogen and oxygen atoms in total. The minimum absolute atomic E-state index is 0.00290. The van der Waals surface area contributed by atoms with Crippen molar-refractivity contribution >= 4 is 31.8 Å². The molecule has 2 N–H and O–H groups in total. The standard InChI is InChI=1S/C9H15BrN4O2S/c1-7(2)11-3-4-17(15,16)14-9-6-12-8(10)5-13-9/h5-7,11H,3-4H2,1-2H3,(H,13,14). The summed E-state index contributed by atoms with van der Waals surface area (Å²) in [5.74, 6) is 0.223. The number of anilines is 1.